The van der Waals surface area contributed by atoms with Gasteiger partial charge in [-0.15, -0.1) is 0 Å². The number of rotatable bonds is 4. The van der Waals surface area contributed by atoms with Crippen molar-refractivity contribution in [1.82, 2.24) is 4.98 Å². The number of nitrogens with zero attached hydrogens (tertiary/aromatic N) is 1. The summed E-state index contributed by atoms with van der Waals surface area (Å²) in [5, 5.41) is 0.611. The van der Waals surface area contributed by atoms with Crippen molar-refractivity contribution < 1.29 is 13.9 Å². The summed E-state index contributed by atoms with van der Waals surface area (Å²) >= 11 is 6.04. The Hall–Kier alpha value is -1.81. The van der Waals surface area contributed by atoms with E-state index in [0.29, 0.717) is 29.1 Å². The molecule has 1 fully saturated rings. The number of oxazole rings is 1. The van der Waals surface area contributed by atoms with E-state index in [2.05, 4.69) is 4.98 Å². The Morgan fingerprint density at radius 2 is 2.24 bits per heavy atom. The minimum atomic E-state index is -0.446. The average molecular weight is 306 g/mol. The summed E-state index contributed by atoms with van der Waals surface area (Å²) in [4.78, 5) is 16.5. The Balaban J connectivity index is 2.05. The predicted molar refractivity (Wildman–Crippen MR) is 79.6 cm³/mol. The first-order valence-corrected chi connectivity index (χ1v) is 7.42. The number of ether oxygens (including phenoxy) is 1. The van der Waals surface area contributed by atoms with Gasteiger partial charge in [-0.1, -0.05) is 17.7 Å². The molecule has 0 amide bonds. The Labute approximate surface area is 128 Å². The van der Waals surface area contributed by atoms with Crippen LogP contribution in [0.4, 0.5) is 0 Å². The minimum Gasteiger partial charge on any atom is -0.460 e. The van der Waals surface area contributed by atoms with E-state index in [0.717, 1.165) is 24.0 Å². The van der Waals surface area contributed by atoms with Crippen LogP contribution in [-0.2, 0) is 4.74 Å². The van der Waals surface area contributed by atoms with Crippen LogP contribution in [0.25, 0.3) is 11.5 Å². The lowest BCUT2D eigenvalue weighted by Crippen LogP contribution is -2.05. The molecule has 110 valence electrons. The molecule has 1 saturated carbocycles. The number of benzene rings is 1. The summed E-state index contributed by atoms with van der Waals surface area (Å²) in [6, 6.07) is 5.52. The largest absolute Gasteiger partial charge is 0.460 e. The molecule has 0 saturated heterocycles. The second-order valence-corrected chi connectivity index (χ2v) is 5.62. The van der Waals surface area contributed by atoms with E-state index in [1.807, 2.05) is 19.1 Å². The first-order valence-electron chi connectivity index (χ1n) is 7.04. The molecule has 0 spiro atoms. The second-order valence-electron chi connectivity index (χ2n) is 5.19. The van der Waals surface area contributed by atoms with E-state index in [4.69, 9.17) is 20.8 Å². The van der Waals surface area contributed by atoms with Crippen molar-refractivity contribution >= 4 is 17.6 Å². The normalized spacial score (nSPS) is 14.2. The van der Waals surface area contributed by atoms with Crippen molar-refractivity contribution in [2.24, 2.45) is 0 Å². The Morgan fingerprint density at radius 1 is 1.48 bits per heavy atom. The maximum absolute atomic E-state index is 12.0. The average Bonchev–Trinajstić information content (AvgIpc) is 3.21. The van der Waals surface area contributed by atoms with Crippen LogP contribution in [0, 0.1) is 6.92 Å². The zero-order chi connectivity index (χ0) is 15.0. The Morgan fingerprint density at radius 3 is 2.90 bits per heavy atom. The Bertz CT molecular complexity index is 689. The van der Waals surface area contributed by atoms with Gasteiger partial charge in [0.25, 0.3) is 0 Å². The van der Waals surface area contributed by atoms with E-state index >= 15 is 0 Å². The number of aromatic nitrogens is 1. The highest BCUT2D eigenvalue weighted by Gasteiger charge is 2.34. The molecular weight excluding hydrogens is 290 g/mol. The van der Waals surface area contributed by atoms with Gasteiger partial charge in [0.1, 0.15) is 0 Å². The van der Waals surface area contributed by atoms with Gasteiger partial charge >= 0.3 is 5.97 Å². The van der Waals surface area contributed by atoms with Gasteiger partial charge in [0.15, 0.2) is 0 Å². The zero-order valence-corrected chi connectivity index (χ0v) is 12.7. The minimum absolute atomic E-state index is 0.230. The van der Waals surface area contributed by atoms with Crippen molar-refractivity contribution in [2.45, 2.75) is 32.6 Å². The summed E-state index contributed by atoms with van der Waals surface area (Å²) in [6.07, 6.45) is 2.07. The molecule has 4 nitrogen and oxygen atoms in total. The molecule has 1 heterocycles. The van der Waals surface area contributed by atoms with Crippen molar-refractivity contribution in [3.63, 3.8) is 0 Å². The highest BCUT2D eigenvalue weighted by molar-refractivity contribution is 6.30. The smallest absolute Gasteiger partial charge is 0.376 e. The van der Waals surface area contributed by atoms with Crippen LogP contribution in [-0.4, -0.2) is 17.6 Å². The topological polar surface area (TPSA) is 52.3 Å². The first-order chi connectivity index (χ1) is 10.1. The van der Waals surface area contributed by atoms with E-state index in [1.54, 1.807) is 13.0 Å². The van der Waals surface area contributed by atoms with E-state index in [1.165, 1.54) is 0 Å². The van der Waals surface area contributed by atoms with Gasteiger partial charge in [0, 0.05) is 16.5 Å². The number of halogens is 1. The third-order valence-electron chi connectivity index (χ3n) is 3.51. The monoisotopic (exact) mass is 305 g/mol. The molecule has 1 aromatic heterocycles. The van der Waals surface area contributed by atoms with E-state index < -0.39 is 5.97 Å². The maximum atomic E-state index is 12.0. The molecule has 0 aliphatic heterocycles. The third kappa shape index (κ3) is 2.81. The first kappa shape index (κ1) is 14.1. The van der Waals surface area contributed by atoms with Crippen LogP contribution in [0.3, 0.4) is 0 Å². The molecule has 0 bridgehead atoms. The Kier molecular flexibility index (Phi) is 3.72. The van der Waals surface area contributed by atoms with E-state index in [9.17, 15) is 4.79 Å². The molecule has 0 atom stereocenters. The van der Waals surface area contributed by atoms with Gasteiger partial charge < -0.3 is 9.15 Å². The molecule has 1 aromatic carbocycles. The number of hydrogen-bond donors (Lipinski definition) is 0. The number of esters is 1. The summed E-state index contributed by atoms with van der Waals surface area (Å²) in [5.74, 6) is 0.521. The number of aryl methyl sites for hydroxylation is 1. The SMILES string of the molecule is CCOC(=O)c1oc(-c2cc(Cl)ccc2C)nc1C1CC1. The third-order valence-corrected chi connectivity index (χ3v) is 3.74. The lowest BCUT2D eigenvalue weighted by molar-refractivity contribution is 0.0489. The number of hydrogen-bond acceptors (Lipinski definition) is 4. The fraction of sp³-hybridized carbons (Fsp3) is 0.375. The molecule has 1 aliphatic carbocycles. The molecule has 21 heavy (non-hydrogen) atoms. The summed E-state index contributed by atoms with van der Waals surface area (Å²) in [5.41, 5.74) is 2.51. The van der Waals surface area contributed by atoms with Gasteiger partial charge in [-0.25, -0.2) is 9.78 Å². The van der Waals surface area contributed by atoms with Gasteiger partial charge in [0.05, 0.1) is 12.3 Å². The molecule has 3 rings (SSSR count). The lowest BCUT2D eigenvalue weighted by atomic mass is 10.1. The highest BCUT2D eigenvalue weighted by Crippen LogP contribution is 2.43. The van der Waals surface area contributed by atoms with Crippen LogP contribution >= 0.6 is 11.6 Å². The summed E-state index contributed by atoms with van der Waals surface area (Å²) < 4.78 is 10.8. The van der Waals surface area contributed by atoms with Crippen molar-refractivity contribution in [2.75, 3.05) is 6.61 Å². The standard InChI is InChI=1S/C16H16ClNO3/c1-3-20-16(19)14-13(10-5-6-10)18-15(21-14)12-8-11(17)7-4-9(12)2/h4,7-8,10H,3,5-6H2,1-2H3. The van der Waals surface area contributed by atoms with Crippen LogP contribution in [0.2, 0.25) is 5.02 Å². The molecule has 2 aromatic rings. The van der Waals surface area contributed by atoms with Gasteiger partial charge in [-0.2, -0.15) is 0 Å². The van der Waals surface area contributed by atoms with Gasteiger partial charge in [0.2, 0.25) is 11.7 Å². The fourth-order valence-electron chi connectivity index (χ4n) is 2.25. The van der Waals surface area contributed by atoms with Gasteiger partial charge in [-0.3, -0.25) is 0 Å². The van der Waals surface area contributed by atoms with Crippen LogP contribution in [0.5, 0.6) is 0 Å². The lowest BCUT2D eigenvalue weighted by Gasteiger charge is -2.01. The number of carbonyl (C=O) groups is 1. The molecule has 1 aliphatic rings. The maximum Gasteiger partial charge on any atom is 0.376 e. The van der Waals surface area contributed by atoms with Crippen molar-refractivity contribution in [3.05, 3.63) is 40.2 Å². The molecule has 0 unspecified atom stereocenters. The highest BCUT2D eigenvalue weighted by atomic mass is 35.5. The van der Waals surface area contributed by atoms with Crippen molar-refractivity contribution in [3.8, 4) is 11.5 Å². The second kappa shape index (κ2) is 5.53. The molecule has 0 radical (unpaired) electrons. The zero-order valence-electron chi connectivity index (χ0n) is 12.0. The van der Waals surface area contributed by atoms with Crippen molar-refractivity contribution in [1.29, 1.82) is 0 Å². The fourth-order valence-corrected chi connectivity index (χ4v) is 2.42. The van der Waals surface area contributed by atoms with E-state index in [-0.39, 0.29) is 5.76 Å². The summed E-state index contributed by atoms with van der Waals surface area (Å²) in [7, 11) is 0. The summed E-state index contributed by atoms with van der Waals surface area (Å²) in [6.45, 7) is 4.04. The van der Waals surface area contributed by atoms with Crippen LogP contribution < -0.4 is 0 Å². The quantitative estimate of drug-likeness (QED) is 0.788. The van der Waals surface area contributed by atoms with Gasteiger partial charge in [-0.05, 0) is 44.4 Å². The molecule has 5 heteroatoms. The predicted octanol–water partition coefficient (Wildman–Crippen LogP) is 4.36. The molecular formula is C16H16ClNO3. The molecule has 0 N–H and O–H groups in total. The number of carbonyl (C=O) groups excluding carboxylic acids is 1. The van der Waals surface area contributed by atoms with Crippen LogP contribution in [0.15, 0.2) is 22.6 Å². The van der Waals surface area contributed by atoms with Crippen LogP contribution in [0.1, 0.15) is 47.5 Å².